The summed E-state index contributed by atoms with van der Waals surface area (Å²) in [6.07, 6.45) is 10.1. The number of rotatable bonds is 4. The zero-order chi connectivity index (χ0) is 26.4. The standard InChI is InChI=1S/C25H22ClN3.C2H6.2CH2O/c1-4-24(20-8-5-18(2)6-9-20)28-17-21(10-7-19(28)3)25-15-16-27-29(25)23-13-11-22(26)12-14-23;3*1-2/h4-17H,3H2,1-2H3;1-2H3;2*1H2/b24-4-;;;. The van der Waals surface area contributed by atoms with Gasteiger partial charge in [0.2, 0.25) is 0 Å². The normalized spacial score (nSPS) is 12.3. The quantitative estimate of drug-likeness (QED) is 0.386. The third-order valence-corrected chi connectivity index (χ3v) is 5.17. The van der Waals surface area contributed by atoms with Crippen molar-refractivity contribution in [2.45, 2.75) is 27.7 Å². The van der Waals surface area contributed by atoms with Crippen LogP contribution in [0.15, 0.2) is 97.5 Å². The Morgan fingerprint density at radius 1 is 0.914 bits per heavy atom. The Bertz CT molecular complexity index is 1170. The number of hydrogen-bond donors (Lipinski definition) is 0. The van der Waals surface area contributed by atoms with Crippen LogP contribution >= 0.6 is 11.6 Å². The van der Waals surface area contributed by atoms with Gasteiger partial charge in [-0.1, -0.05) is 67.9 Å². The molecule has 0 unspecified atom stereocenters. The first-order valence-electron chi connectivity index (χ1n) is 11.1. The number of carbonyl (C=O) groups is 2. The highest BCUT2D eigenvalue weighted by Crippen LogP contribution is 2.32. The van der Waals surface area contributed by atoms with Crippen LogP contribution in [-0.4, -0.2) is 28.3 Å². The lowest BCUT2D eigenvalue weighted by Crippen LogP contribution is -2.17. The van der Waals surface area contributed by atoms with Crippen molar-refractivity contribution in [2.75, 3.05) is 0 Å². The van der Waals surface area contributed by atoms with Crippen molar-refractivity contribution < 1.29 is 9.59 Å². The van der Waals surface area contributed by atoms with Gasteiger partial charge in [0.05, 0.1) is 17.6 Å². The molecule has 0 bridgehead atoms. The van der Waals surface area contributed by atoms with Crippen LogP contribution in [0, 0.1) is 6.92 Å². The van der Waals surface area contributed by atoms with E-state index in [1.165, 1.54) is 5.56 Å². The predicted molar refractivity (Wildman–Crippen MR) is 147 cm³/mol. The first kappa shape index (κ1) is 29.1. The second-order valence-electron chi connectivity index (χ2n) is 6.92. The maximum absolute atomic E-state index is 8.00. The summed E-state index contributed by atoms with van der Waals surface area (Å²) >= 11 is 6.04. The molecule has 2 heterocycles. The molecule has 1 aliphatic heterocycles. The molecule has 1 aliphatic rings. The number of carbonyl (C=O) groups excluding carboxylic acids is 2. The summed E-state index contributed by atoms with van der Waals surface area (Å²) in [5, 5.41) is 5.22. The number of allylic oxidation sites excluding steroid dienone is 4. The first-order chi connectivity index (χ1) is 17.1. The summed E-state index contributed by atoms with van der Waals surface area (Å²) in [5.41, 5.74) is 7.41. The molecule has 0 N–H and O–H groups in total. The SMILES string of the molecule is C=C1C=CC(c2ccnn2-c2ccc(Cl)cc2)=CN1/C(=C\C)c1ccc(C)cc1.C=O.C=O.CC. The maximum atomic E-state index is 8.00. The van der Waals surface area contributed by atoms with Gasteiger partial charge in [0.1, 0.15) is 13.6 Å². The van der Waals surface area contributed by atoms with Crippen LogP contribution < -0.4 is 0 Å². The van der Waals surface area contributed by atoms with Crippen LogP contribution in [0.1, 0.15) is 37.6 Å². The number of benzene rings is 2. The molecule has 0 atom stereocenters. The van der Waals surface area contributed by atoms with Gasteiger partial charge in [-0.25, -0.2) is 4.68 Å². The van der Waals surface area contributed by atoms with Gasteiger partial charge in [0, 0.05) is 28.2 Å². The Labute approximate surface area is 213 Å². The van der Waals surface area contributed by atoms with E-state index in [2.05, 4.69) is 66.1 Å². The lowest BCUT2D eigenvalue weighted by molar-refractivity contribution is -0.0987. The number of aromatic nitrogens is 2. The Morgan fingerprint density at radius 3 is 2.09 bits per heavy atom. The highest BCUT2D eigenvalue weighted by molar-refractivity contribution is 6.30. The fourth-order valence-electron chi connectivity index (χ4n) is 3.39. The van der Waals surface area contributed by atoms with Crippen molar-refractivity contribution in [3.63, 3.8) is 0 Å². The van der Waals surface area contributed by atoms with Crippen LogP contribution in [0.25, 0.3) is 17.0 Å². The largest absolute Gasteiger partial charge is 0.317 e. The minimum absolute atomic E-state index is 0.706. The predicted octanol–water partition coefficient (Wildman–Crippen LogP) is 7.28. The fourth-order valence-corrected chi connectivity index (χ4v) is 3.51. The molecule has 0 radical (unpaired) electrons. The third-order valence-electron chi connectivity index (χ3n) is 4.92. The van der Waals surface area contributed by atoms with E-state index in [0.29, 0.717) is 5.02 Å². The average Bonchev–Trinajstić information content (AvgIpc) is 3.40. The van der Waals surface area contributed by atoms with Crippen LogP contribution in [0.5, 0.6) is 0 Å². The van der Waals surface area contributed by atoms with Crippen molar-refractivity contribution in [1.29, 1.82) is 0 Å². The fraction of sp³-hybridized carbons (Fsp3) is 0.138. The minimum Gasteiger partial charge on any atom is -0.317 e. The molecule has 0 saturated carbocycles. The molecule has 4 rings (SSSR count). The lowest BCUT2D eigenvalue weighted by atomic mass is 10.0. The van der Waals surface area contributed by atoms with Crippen LogP contribution in [0.3, 0.4) is 0 Å². The Balaban J connectivity index is 0.000000949. The molecule has 182 valence electrons. The molecule has 0 aliphatic carbocycles. The van der Waals surface area contributed by atoms with Gasteiger partial charge in [-0.15, -0.1) is 0 Å². The van der Waals surface area contributed by atoms with Crippen LogP contribution in [0.2, 0.25) is 5.02 Å². The van der Waals surface area contributed by atoms with Crippen molar-refractivity contribution >= 4 is 36.4 Å². The van der Waals surface area contributed by atoms with Crippen LogP contribution in [-0.2, 0) is 9.59 Å². The van der Waals surface area contributed by atoms with Crippen molar-refractivity contribution in [2.24, 2.45) is 0 Å². The summed E-state index contributed by atoms with van der Waals surface area (Å²) in [6.45, 7) is 16.4. The van der Waals surface area contributed by atoms with Gasteiger partial charge in [0.15, 0.2) is 0 Å². The van der Waals surface area contributed by atoms with E-state index in [4.69, 9.17) is 21.2 Å². The maximum Gasteiger partial charge on any atom is 0.106 e. The summed E-state index contributed by atoms with van der Waals surface area (Å²) in [4.78, 5) is 18.1. The van der Waals surface area contributed by atoms with E-state index in [1.54, 1.807) is 0 Å². The second-order valence-corrected chi connectivity index (χ2v) is 7.36. The molecule has 6 heteroatoms. The van der Waals surface area contributed by atoms with Crippen LogP contribution in [0.4, 0.5) is 0 Å². The summed E-state index contributed by atoms with van der Waals surface area (Å²) < 4.78 is 1.92. The molecular formula is C29H32ClN3O2. The molecule has 2 aromatic carbocycles. The van der Waals surface area contributed by atoms with E-state index in [9.17, 15) is 0 Å². The van der Waals surface area contributed by atoms with E-state index in [1.807, 2.05) is 81.6 Å². The Hall–Kier alpha value is -3.96. The molecule has 0 saturated heterocycles. The molecule has 5 nitrogen and oxygen atoms in total. The molecule has 35 heavy (non-hydrogen) atoms. The third kappa shape index (κ3) is 7.26. The monoisotopic (exact) mass is 489 g/mol. The van der Waals surface area contributed by atoms with Gasteiger partial charge in [-0.3, -0.25) is 0 Å². The van der Waals surface area contributed by atoms with Crippen molar-refractivity contribution in [1.82, 2.24) is 14.7 Å². The molecular weight excluding hydrogens is 458 g/mol. The lowest BCUT2D eigenvalue weighted by Gasteiger charge is -2.28. The molecule has 0 amide bonds. The zero-order valence-corrected chi connectivity index (χ0v) is 21.5. The summed E-state index contributed by atoms with van der Waals surface area (Å²) in [6, 6.07) is 18.2. The van der Waals surface area contributed by atoms with Crippen molar-refractivity contribution in [3.05, 3.63) is 119 Å². The van der Waals surface area contributed by atoms with E-state index < -0.39 is 0 Å². The molecule has 0 fully saturated rings. The van der Waals surface area contributed by atoms with Gasteiger partial charge >= 0.3 is 0 Å². The topological polar surface area (TPSA) is 55.2 Å². The number of aryl methyl sites for hydroxylation is 1. The number of halogens is 1. The van der Waals surface area contributed by atoms with E-state index in [-0.39, 0.29) is 0 Å². The number of nitrogens with zero attached hydrogens (tertiary/aromatic N) is 3. The Kier molecular flexibility index (Phi) is 12.5. The minimum atomic E-state index is 0.706. The average molecular weight is 490 g/mol. The Morgan fingerprint density at radius 2 is 1.51 bits per heavy atom. The smallest absolute Gasteiger partial charge is 0.106 e. The summed E-state index contributed by atoms with van der Waals surface area (Å²) in [5.74, 6) is 0. The molecule has 1 aromatic heterocycles. The zero-order valence-electron chi connectivity index (χ0n) is 20.7. The first-order valence-corrected chi connectivity index (χ1v) is 11.4. The van der Waals surface area contributed by atoms with Gasteiger partial charge < -0.3 is 14.5 Å². The highest BCUT2D eigenvalue weighted by Gasteiger charge is 2.18. The number of hydrogen-bond acceptors (Lipinski definition) is 4. The van der Waals surface area contributed by atoms with Gasteiger partial charge in [-0.05, 0) is 61.9 Å². The van der Waals surface area contributed by atoms with Crippen molar-refractivity contribution in [3.8, 4) is 5.69 Å². The molecule has 3 aromatic rings. The molecule has 0 spiro atoms. The van der Waals surface area contributed by atoms with E-state index >= 15 is 0 Å². The highest BCUT2D eigenvalue weighted by atomic mass is 35.5. The van der Waals surface area contributed by atoms with Gasteiger partial charge in [-0.2, -0.15) is 5.10 Å². The summed E-state index contributed by atoms with van der Waals surface area (Å²) in [7, 11) is 0. The second kappa shape index (κ2) is 15.0. The van der Waals surface area contributed by atoms with Gasteiger partial charge in [0.25, 0.3) is 0 Å². The van der Waals surface area contributed by atoms with E-state index in [0.717, 1.165) is 33.9 Å².